The maximum Gasteiger partial charge on any atom is 0.253 e. The number of hydrogen-bond acceptors (Lipinski definition) is 2. The number of anilines is 1. The molecule has 0 heterocycles. The van der Waals surface area contributed by atoms with Crippen molar-refractivity contribution in [3.63, 3.8) is 0 Å². The van der Waals surface area contributed by atoms with Crippen molar-refractivity contribution in [2.45, 2.75) is 13.3 Å². The fourth-order valence-electron chi connectivity index (χ4n) is 2.03. The van der Waals surface area contributed by atoms with Gasteiger partial charge in [0.15, 0.2) is 0 Å². The lowest BCUT2D eigenvalue weighted by Gasteiger charge is -2.09. The van der Waals surface area contributed by atoms with Crippen LogP contribution in [0.2, 0.25) is 0 Å². The SMILES string of the molecule is CCCNC(=O)c1ccccc1NC(=O)/C=C/c1ccccc1. The molecule has 2 rings (SSSR count). The van der Waals surface area contributed by atoms with Crippen LogP contribution in [0.5, 0.6) is 0 Å². The summed E-state index contributed by atoms with van der Waals surface area (Å²) >= 11 is 0. The van der Waals surface area contributed by atoms with Crippen LogP contribution in [0.1, 0.15) is 29.3 Å². The quantitative estimate of drug-likeness (QED) is 0.803. The van der Waals surface area contributed by atoms with Crippen LogP contribution in [-0.2, 0) is 4.79 Å². The summed E-state index contributed by atoms with van der Waals surface area (Å²) in [4.78, 5) is 24.1. The van der Waals surface area contributed by atoms with Crippen molar-refractivity contribution in [3.8, 4) is 0 Å². The molecule has 0 atom stereocenters. The van der Waals surface area contributed by atoms with E-state index >= 15 is 0 Å². The number of carbonyl (C=O) groups excluding carboxylic acids is 2. The molecule has 23 heavy (non-hydrogen) atoms. The molecular formula is C19H20N2O2. The lowest BCUT2D eigenvalue weighted by molar-refractivity contribution is -0.111. The first-order valence-electron chi connectivity index (χ1n) is 7.62. The highest BCUT2D eigenvalue weighted by molar-refractivity contribution is 6.07. The Hall–Kier alpha value is -2.88. The fraction of sp³-hybridized carbons (Fsp3) is 0.158. The molecule has 0 spiro atoms. The minimum atomic E-state index is -0.274. The molecule has 4 nitrogen and oxygen atoms in total. The van der Waals surface area contributed by atoms with Crippen molar-refractivity contribution >= 4 is 23.6 Å². The van der Waals surface area contributed by atoms with Gasteiger partial charge in [-0.1, -0.05) is 49.4 Å². The number of para-hydroxylation sites is 1. The molecule has 0 radical (unpaired) electrons. The third kappa shape index (κ3) is 5.11. The number of amides is 2. The van der Waals surface area contributed by atoms with Crippen LogP contribution in [0.15, 0.2) is 60.7 Å². The highest BCUT2D eigenvalue weighted by Crippen LogP contribution is 2.15. The zero-order valence-electron chi connectivity index (χ0n) is 13.1. The van der Waals surface area contributed by atoms with E-state index in [1.54, 1.807) is 30.3 Å². The van der Waals surface area contributed by atoms with Gasteiger partial charge in [0, 0.05) is 12.6 Å². The predicted molar refractivity (Wildman–Crippen MR) is 93.2 cm³/mol. The lowest BCUT2D eigenvalue weighted by Crippen LogP contribution is -2.25. The van der Waals surface area contributed by atoms with Gasteiger partial charge in [0.1, 0.15) is 0 Å². The van der Waals surface area contributed by atoms with Gasteiger partial charge in [0.05, 0.1) is 11.3 Å². The Morgan fingerprint density at radius 3 is 2.43 bits per heavy atom. The van der Waals surface area contributed by atoms with Crippen molar-refractivity contribution in [2.24, 2.45) is 0 Å². The van der Waals surface area contributed by atoms with Crippen molar-refractivity contribution in [3.05, 3.63) is 71.8 Å². The fourth-order valence-corrected chi connectivity index (χ4v) is 2.03. The Morgan fingerprint density at radius 1 is 1.00 bits per heavy atom. The third-order valence-corrected chi connectivity index (χ3v) is 3.19. The van der Waals surface area contributed by atoms with E-state index < -0.39 is 0 Å². The molecule has 0 unspecified atom stereocenters. The summed E-state index contributed by atoms with van der Waals surface area (Å²) in [5, 5.41) is 5.56. The summed E-state index contributed by atoms with van der Waals surface area (Å²) in [7, 11) is 0. The second-order valence-electron chi connectivity index (χ2n) is 5.03. The molecule has 0 aliphatic rings. The highest BCUT2D eigenvalue weighted by Gasteiger charge is 2.11. The Kier molecular flexibility index (Phi) is 6.12. The van der Waals surface area contributed by atoms with E-state index in [0.29, 0.717) is 17.8 Å². The largest absolute Gasteiger partial charge is 0.352 e. The van der Waals surface area contributed by atoms with Gasteiger partial charge in [-0.2, -0.15) is 0 Å². The first-order chi connectivity index (χ1) is 11.2. The highest BCUT2D eigenvalue weighted by atomic mass is 16.2. The predicted octanol–water partition coefficient (Wildman–Crippen LogP) is 3.48. The van der Waals surface area contributed by atoms with E-state index in [4.69, 9.17) is 0 Å². The van der Waals surface area contributed by atoms with E-state index in [9.17, 15) is 9.59 Å². The topological polar surface area (TPSA) is 58.2 Å². The minimum Gasteiger partial charge on any atom is -0.352 e. The summed E-state index contributed by atoms with van der Waals surface area (Å²) in [6.45, 7) is 2.59. The summed E-state index contributed by atoms with van der Waals surface area (Å²) in [6.07, 6.45) is 4.05. The Bertz CT molecular complexity index is 694. The van der Waals surface area contributed by atoms with Gasteiger partial charge in [0.2, 0.25) is 5.91 Å². The summed E-state index contributed by atoms with van der Waals surface area (Å²) in [6, 6.07) is 16.5. The van der Waals surface area contributed by atoms with Crippen molar-refractivity contribution in [2.75, 3.05) is 11.9 Å². The number of nitrogens with one attached hydrogen (secondary N) is 2. The van der Waals surface area contributed by atoms with Gasteiger partial charge in [-0.25, -0.2) is 0 Å². The Morgan fingerprint density at radius 2 is 1.70 bits per heavy atom. The summed E-state index contributed by atoms with van der Waals surface area (Å²) < 4.78 is 0. The smallest absolute Gasteiger partial charge is 0.253 e. The van der Waals surface area contributed by atoms with Crippen LogP contribution in [0.4, 0.5) is 5.69 Å². The molecule has 2 aromatic rings. The molecule has 2 amide bonds. The van der Waals surface area contributed by atoms with Gasteiger partial charge in [-0.05, 0) is 30.2 Å². The van der Waals surface area contributed by atoms with E-state index in [2.05, 4.69) is 10.6 Å². The molecule has 2 aromatic carbocycles. The van der Waals surface area contributed by atoms with Crippen LogP contribution in [0, 0.1) is 0 Å². The average molecular weight is 308 g/mol. The summed E-state index contributed by atoms with van der Waals surface area (Å²) in [5.74, 6) is -0.459. The zero-order valence-corrected chi connectivity index (χ0v) is 13.1. The molecule has 0 saturated carbocycles. The standard InChI is InChI=1S/C19H20N2O2/c1-2-14-20-19(23)16-10-6-7-11-17(16)21-18(22)13-12-15-8-4-3-5-9-15/h3-13H,2,14H2,1H3,(H,20,23)(H,21,22)/b13-12+. The monoisotopic (exact) mass is 308 g/mol. The van der Waals surface area contributed by atoms with Crippen LogP contribution in [-0.4, -0.2) is 18.4 Å². The maximum atomic E-state index is 12.1. The second-order valence-corrected chi connectivity index (χ2v) is 5.03. The molecule has 118 valence electrons. The first kappa shape index (κ1) is 16.5. The Labute approximate surface area is 136 Å². The molecule has 0 saturated heterocycles. The van der Waals surface area contributed by atoms with Gasteiger partial charge in [-0.3, -0.25) is 9.59 Å². The van der Waals surface area contributed by atoms with E-state index in [0.717, 1.165) is 12.0 Å². The zero-order chi connectivity index (χ0) is 16.5. The molecule has 0 aromatic heterocycles. The van der Waals surface area contributed by atoms with Crippen molar-refractivity contribution in [1.82, 2.24) is 5.32 Å². The average Bonchev–Trinajstić information content (AvgIpc) is 2.59. The van der Waals surface area contributed by atoms with E-state index in [1.807, 2.05) is 37.3 Å². The van der Waals surface area contributed by atoms with E-state index in [-0.39, 0.29) is 11.8 Å². The van der Waals surface area contributed by atoms with Crippen molar-refractivity contribution < 1.29 is 9.59 Å². The van der Waals surface area contributed by atoms with Gasteiger partial charge in [-0.15, -0.1) is 0 Å². The molecule has 0 aliphatic carbocycles. The third-order valence-electron chi connectivity index (χ3n) is 3.19. The van der Waals surface area contributed by atoms with E-state index in [1.165, 1.54) is 6.08 Å². The van der Waals surface area contributed by atoms with Gasteiger partial charge >= 0.3 is 0 Å². The molecule has 0 fully saturated rings. The molecular weight excluding hydrogens is 288 g/mol. The van der Waals surface area contributed by atoms with Gasteiger partial charge < -0.3 is 10.6 Å². The van der Waals surface area contributed by atoms with Gasteiger partial charge in [0.25, 0.3) is 5.91 Å². The first-order valence-corrected chi connectivity index (χ1v) is 7.62. The molecule has 0 aliphatic heterocycles. The van der Waals surface area contributed by atoms with Crippen LogP contribution >= 0.6 is 0 Å². The normalized spacial score (nSPS) is 10.5. The number of carbonyl (C=O) groups is 2. The molecule has 2 N–H and O–H groups in total. The number of hydrogen-bond donors (Lipinski definition) is 2. The van der Waals surface area contributed by atoms with Crippen LogP contribution in [0.3, 0.4) is 0 Å². The van der Waals surface area contributed by atoms with Crippen LogP contribution in [0.25, 0.3) is 6.08 Å². The maximum absolute atomic E-state index is 12.1. The molecule has 0 bridgehead atoms. The second kappa shape index (κ2) is 8.54. The summed E-state index contributed by atoms with van der Waals surface area (Å²) in [5.41, 5.74) is 1.91. The lowest BCUT2D eigenvalue weighted by atomic mass is 10.1. The minimum absolute atomic E-state index is 0.185. The van der Waals surface area contributed by atoms with Crippen LogP contribution < -0.4 is 10.6 Å². The number of benzene rings is 2. The number of rotatable bonds is 6. The van der Waals surface area contributed by atoms with Crippen molar-refractivity contribution in [1.29, 1.82) is 0 Å². The molecule has 4 heteroatoms. The Balaban J connectivity index is 2.06.